The van der Waals surface area contributed by atoms with Crippen LogP contribution in [-0.2, 0) is 6.18 Å². The molecule has 2 aromatic rings. The largest absolute Gasteiger partial charge is 0.416 e. The molecule has 1 atom stereocenters. The van der Waals surface area contributed by atoms with Crippen LogP contribution in [0.25, 0.3) is 0 Å². The SMILES string of the molecule is Cc1cc(C(O)c2ccccc2C(F)(F)F)cc(C)c1F. The van der Waals surface area contributed by atoms with Crippen LogP contribution in [0.15, 0.2) is 36.4 Å². The van der Waals surface area contributed by atoms with E-state index in [1.165, 1.54) is 44.2 Å². The zero-order valence-corrected chi connectivity index (χ0v) is 11.5. The van der Waals surface area contributed by atoms with Crippen molar-refractivity contribution in [3.8, 4) is 0 Å². The molecule has 0 saturated carbocycles. The maximum absolute atomic E-state index is 13.6. The third-order valence-electron chi connectivity index (χ3n) is 3.34. The van der Waals surface area contributed by atoms with E-state index in [0.717, 1.165) is 6.07 Å². The molecule has 0 aliphatic rings. The van der Waals surface area contributed by atoms with E-state index in [4.69, 9.17) is 0 Å². The molecular weight excluding hydrogens is 284 g/mol. The molecule has 1 N–H and O–H groups in total. The molecule has 0 radical (unpaired) electrons. The summed E-state index contributed by atoms with van der Waals surface area (Å²) >= 11 is 0. The van der Waals surface area contributed by atoms with E-state index in [-0.39, 0.29) is 22.3 Å². The number of hydrogen-bond donors (Lipinski definition) is 1. The smallest absolute Gasteiger partial charge is 0.384 e. The van der Waals surface area contributed by atoms with Crippen molar-refractivity contribution < 1.29 is 22.7 Å². The number of aliphatic hydroxyl groups is 1. The van der Waals surface area contributed by atoms with Crippen LogP contribution in [-0.4, -0.2) is 5.11 Å². The van der Waals surface area contributed by atoms with Crippen LogP contribution in [0.5, 0.6) is 0 Å². The average Bonchev–Trinajstić information content (AvgIpc) is 2.42. The van der Waals surface area contributed by atoms with Gasteiger partial charge in [-0.25, -0.2) is 4.39 Å². The van der Waals surface area contributed by atoms with Crippen LogP contribution in [0.3, 0.4) is 0 Å². The quantitative estimate of drug-likeness (QED) is 0.807. The Kier molecular flexibility index (Phi) is 4.05. The van der Waals surface area contributed by atoms with E-state index in [2.05, 4.69) is 0 Å². The topological polar surface area (TPSA) is 20.2 Å². The maximum atomic E-state index is 13.6. The molecule has 0 aromatic heterocycles. The van der Waals surface area contributed by atoms with Crippen molar-refractivity contribution in [2.45, 2.75) is 26.1 Å². The number of benzene rings is 2. The second kappa shape index (κ2) is 5.48. The minimum Gasteiger partial charge on any atom is -0.384 e. The maximum Gasteiger partial charge on any atom is 0.416 e. The van der Waals surface area contributed by atoms with Crippen molar-refractivity contribution in [2.75, 3.05) is 0 Å². The molecule has 21 heavy (non-hydrogen) atoms. The van der Waals surface area contributed by atoms with Crippen LogP contribution in [0.1, 0.15) is 33.9 Å². The Balaban J connectivity index is 2.53. The van der Waals surface area contributed by atoms with Crippen LogP contribution in [0.2, 0.25) is 0 Å². The number of hydrogen-bond acceptors (Lipinski definition) is 1. The van der Waals surface area contributed by atoms with Crippen molar-refractivity contribution in [1.82, 2.24) is 0 Å². The van der Waals surface area contributed by atoms with Gasteiger partial charge < -0.3 is 5.11 Å². The average molecular weight is 298 g/mol. The summed E-state index contributed by atoms with van der Waals surface area (Å²) in [5.41, 5.74) is -0.322. The van der Waals surface area contributed by atoms with Gasteiger partial charge in [0.1, 0.15) is 11.9 Å². The summed E-state index contributed by atoms with van der Waals surface area (Å²) in [6, 6.07) is 7.56. The molecule has 1 unspecified atom stereocenters. The molecule has 0 saturated heterocycles. The van der Waals surface area contributed by atoms with Crippen LogP contribution < -0.4 is 0 Å². The fourth-order valence-corrected chi connectivity index (χ4v) is 2.31. The fourth-order valence-electron chi connectivity index (χ4n) is 2.31. The van der Waals surface area contributed by atoms with E-state index in [9.17, 15) is 22.7 Å². The number of aliphatic hydroxyl groups excluding tert-OH is 1. The fraction of sp³-hybridized carbons (Fsp3) is 0.250. The molecule has 0 aliphatic heterocycles. The number of aryl methyl sites for hydroxylation is 2. The van der Waals surface area contributed by atoms with Gasteiger partial charge in [-0.3, -0.25) is 0 Å². The highest BCUT2D eigenvalue weighted by Gasteiger charge is 2.35. The summed E-state index contributed by atoms with van der Waals surface area (Å²) in [5, 5.41) is 10.3. The standard InChI is InChI=1S/C16H14F4O/c1-9-7-11(8-10(2)14(9)17)15(21)12-5-3-4-6-13(12)16(18,19)20/h3-8,15,21H,1-2H3. The van der Waals surface area contributed by atoms with E-state index in [1.807, 2.05) is 0 Å². The van der Waals surface area contributed by atoms with Gasteiger partial charge in [0, 0.05) is 0 Å². The highest BCUT2D eigenvalue weighted by atomic mass is 19.4. The third kappa shape index (κ3) is 3.08. The molecule has 1 nitrogen and oxygen atoms in total. The Morgan fingerprint density at radius 3 is 2.05 bits per heavy atom. The lowest BCUT2D eigenvalue weighted by molar-refractivity contribution is -0.139. The summed E-state index contributed by atoms with van der Waals surface area (Å²) in [6.07, 6.45) is -6.01. The first kappa shape index (κ1) is 15.5. The van der Waals surface area contributed by atoms with Gasteiger partial charge in [-0.05, 0) is 42.2 Å². The second-order valence-electron chi connectivity index (χ2n) is 4.96. The molecule has 0 amide bonds. The predicted octanol–water partition coefficient (Wildman–Crippen LogP) is 4.54. The molecule has 0 fully saturated rings. The minimum atomic E-state index is -4.55. The van der Waals surface area contributed by atoms with Gasteiger partial charge >= 0.3 is 6.18 Å². The van der Waals surface area contributed by atoms with Crippen molar-refractivity contribution in [3.63, 3.8) is 0 Å². The third-order valence-corrected chi connectivity index (χ3v) is 3.34. The molecular formula is C16H14F4O. The molecule has 0 spiro atoms. The Labute approximate surface area is 119 Å². The lowest BCUT2D eigenvalue weighted by Crippen LogP contribution is -2.13. The van der Waals surface area contributed by atoms with Crippen LogP contribution in [0.4, 0.5) is 17.6 Å². The van der Waals surface area contributed by atoms with Gasteiger partial charge in [0.25, 0.3) is 0 Å². The predicted molar refractivity (Wildman–Crippen MR) is 71.4 cm³/mol. The first-order chi connectivity index (χ1) is 9.71. The molecule has 0 aliphatic carbocycles. The van der Waals surface area contributed by atoms with Crippen LogP contribution >= 0.6 is 0 Å². The van der Waals surface area contributed by atoms with Gasteiger partial charge in [-0.1, -0.05) is 30.3 Å². The van der Waals surface area contributed by atoms with Crippen molar-refractivity contribution in [2.24, 2.45) is 0 Å². The monoisotopic (exact) mass is 298 g/mol. The highest BCUT2D eigenvalue weighted by Crippen LogP contribution is 2.36. The van der Waals surface area contributed by atoms with Gasteiger partial charge in [-0.15, -0.1) is 0 Å². The highest BCUT2D eigenvalue weighted by molar-refractivity contribution is 5.40. The number of rotatable bonds is 2. The summed E-state index contributed by atoms with van der Waals surface area (Å²) in [7, 11) is 0. The number of halogens is 4. The Morgan fingerprint density at radius 1 is 1.00 bits per heavy atom. The first-order valence-electron chi connectivity index (χ1n) is 6.32. The first-order valence-corrected chi connectivity index (χ1v) is 6.32. The Morgan fingerprint density at radius 2 is 1.52 bits per heavy atom. The lowest BCUT2D eigenvalue weighted by Gasteiger charge is -2.18. The second-order valence-corrected chi connectivity index (χ2v) is 4.96. The Hall–Kier alpha value is -1.88. The van der Waals surface area contributed by atoms with E-state index >= 15 is 0 Å². The molecule has 112 valence electrons. The zero-order chi connectivity index (χ0) is 15.8. The van der Waals surface area contributed by atoms with Crippen LogP contribution in [0, 0.1) is 19.7 Å². The van der Waals surface area contributed by atoms with Gasteiger partial charge in [-0.2, -0.15) is 13.2 Å². The van der Waals surface area contributed by atoms with Crippen molar-refractivity contribution in [3.05, 3.63) is 70.0 Å². The van der Waals surface area contributed by atoms with Gasteiger partial charge in [0.05, 0.1) is 5.56 Å². The van der Waals surface area contributed by atoms with Crippen molar-refractivity contribution >= 4 is 0 Å². The molecule has 2 aromatic carbocycles. The summed E-state index contributed by atoms with van der Waals surface area (Å²) in [4.78, 5) is 0. The summed E-state index contributed by atoms with van der Waals surface area (Å²) < 4.78 is 52.5. The number of alkyl halides is 3. The molecule has 5 heteroatoms. The summed E-state index contributed by atoms with van der Waals surface area (Å²) in [6.45, 7) is 3.02. The van der Waals surface area contributed by atoms with Crippen molar-refractivity contribution in [1.29, 1.82) is 0 Å². The van der Waals surface area contributed by atoms with E-state index in [0.29, 0.717) is 0 Å². The van der Waals surface area contributed by atoms with E-state index in [1.54, 1.807) is 0 Å². The Bertz CT molecular complexity index is 639. The lowest BCUT2D eigenvalue weighted by atomic mass is 9.94. The molecule has 0 heterocycles. The van der Waals surface area contributed by atoms with E-state index < -0.39 is 23.7 Å². The zero-order valence-electron chi connectivity index (χ0n) is 11.5. The summed E-state index contributed by atoms with van der Waals surface area (Å²) in [5.74, 6) is -0.421. The van der Waals surface area contributed by atoms with Gasteiger partial charge in [0.15, 0.2) is 0 Å². The molecule has 0 bridgehead atoms. The normalized spacial score (nSPS) is 13.3. The molecule has 2 rings (SSSR count). The minimum absolute atomic E-state index is 0.239. The van der Waals surface area contributed by atoms with Gasteiger partial charge in [0.2, 0.25) is 0 Å².